The lowest BCUT2D eigenvalue weighted by Crippen LogP contribution is -2.41. The van der Waals surface area contributed by atoms with Crippen LogP contribution in [-0.2, 0) is 15.9 Å². The van der Waals surface area contributed by atoms with Crippen LogP contribution in [0.2, 0.25) is 0 Å². The molecule has 1 saturated heterocycles. The van der Waals surface area contributed by atoms with Crippen molar-refractivity contribution in [1.29, 1.82) is 0 Å². The molecule has 0 unspecified atom stereocenters. The predicted octanol–water partition coefficient (Wildman–Crippen LogP) is 5.35. The van der Waals surface area contributed by atoms with Gasteiger partial charge in [-0.05, 0) is 83.0 Å². The molecule has 0 radical (unpaired) electrons. The van der Waals surface area contributed by atoms with Gasteiger partial charge >= 0.3 is 0 Å². The first-order valence-corrected chi connectivity index (χ1v) is 12.3. The van der Waals surface area contributed by atoms with Gasteiger partial charge in [-0.2, -0.15) is 0 Å². The smallest absolute Gasteiger partial charge is 0.268 e. The second-order valence-corrected chi connectivity index (χ2v) is 10.5. The van der Waals surface area contributed by atoms with E-state index in [0.717, 1.165) is 5.56 Å². The number of halogens is 1. The highest BCUT2D eigenvalue weighted by atomic mass is 19.1. The normalized spacial score (nSPS) is 18.5. The maximum absolute atomic E-state index is 13.5. The lowest BCUT2D eigenvalue weighted by atomic mass is 9.90. The van der Waals surface area contributed by atoms with Crippen molar-refractivity contribution >= 4 is 17.4 Å². The van der Waals surface area contributed by atoms with Crippen LogP contribution in [0.15, 0.2) is 59.4 Å². The molecular formula is C29H29FN2O5. The van der Waals surface area contributed by atoms with Crippen LogP contribution in [-0.4, -0.2) is 27.5 Å². The maximum atomic E-state index is 13.5. The number of Topliss-reactive ketones (excluding diaryl/α,β-unsaturated/α-hetero) is 1. The molecule has 0 spiro atoms. The quantitative estimate of drug-likeness (QED) is 0.518. The SMILES string of the molecule is CC1(C)OC(c2ccc(NC(=O)c3cc4c(n(-c5ccc(F)cc5)c3=O)CCCC4=O)cc2)OC1(C)C. The van der Waals surface area contributed by atoms with Crippen molar-refractivity contribution in [3.63, 3.8) is 0 Å². The van der Waals surface area contributed by atoms with Crippen molar-refractivity contribution in [2.75, 3.05) is 5.32 Å². The summed E-state index contributed by atoms with van der Waals surface area (Å²) in [5, 5.41) is 2.75. The summed E-state index contributed by atoms with van der Waals surface area (Å²) >= 11 is 0. The fourth-order valence-corrected chi connectivity index (χ4v) is 4.62. The Kier molecular flexibility index (Phi) is 6.12. The number of nitrogens with one attached hydrogen (secondary N) is 1. The van der Waals surface area contributed by atoms with Gasteiger partial charge in [0, 0.05) is 34.6 Å². The summed E-state index contributed by atoms with van der Waals surface area (Å²) in [5.74, 6) is -1.21. The molecule has 0 saturated carbocycles. The summed E-state index contributed by atoms with van der Waals surface area (Å²) in [6.07, 6.45) is 0.920. The summed E-state index contributed by atoms with van der Waals surface area (Å²) in [6, 6.07) is 13.8. The zero-order chi connectivity index (χ0) is 26.5. The third kappa shape index (κ3) is 4.51. The molecule has 3 aromatic rings. The Hall–Kier alpha value is -3.62. The van der Waals surface area contributed by atoms with Gasteiger partial charge in [-0.15, -0.1) is 0 Å². The predicted molar refractivity (Wildman–Crippen MR) is 137 cm³/mol. The average Bonchev–Trinajstić information content (AvgIpc) is 3.07. The summed E-state index contributed by atoms with van der Waals surface area (Å²) in [5.41, 5.74) is 0.889. The van der Waals surface area contributed by atoms with Crippen LogP contribution in [0.5, 0.6) is 0 Å². The minimum Gasteiger partial charge on any atom is -0.339 e. The van der Waals surface area contributed by atoms with E-state index in [2.05, 4.69) is 5.32 Å². The maximum Gasteiger partial charge on any atom is 0.268 e. The minimum absolute atomic E-state index is 0.127. The van der Waals surface area contributed by atoms with Crippen LogP contribution >= 0.6 is 0 Å². The topological polar surface area (TPSA) is 86.6 Å². The third-order valence-corrected chi connectivity index (χ3v) is 7.44. The number of hydrogen-bond acceptors (Lipinski definition) is 5. The van der Waals surface area contributed by atoms with Gasteiger partial charge in [0.1, 0.15) is 11.4 Å². The van der Waals surface area contributed by atoms with E-state index < -0.39 is 34.8 Å². The van der Waals surface area contributed by atoms with E-state index >= 15 is 0 Å². The molecule has 192 valence electrons. The number of pyridine rings is 1. The lowest BCUT2D eigenvalue weighted by molar-refractivity contribution is -0.0895. The van der Waals surface area contributed by atoms with Crippen molar-refractivity contribution in [1.82, 2.24) is 4.57 Å². The molecule has 2 aliphatic rings. The standard InChI is InChI=1S/C29H29FN2O5/c1-28(2)29(3,4)37-27(36-28)17-8-12-19(13-9-17)31-25(34)22-16-21-23(6-5-7-24(21)33)32(26(22)35)20-14-10-18(30)11-15-20/h8-16,27H,5-7H2,1-4H3,(H,31,34). The van der Waals surface area contributed by atoms with Crippen molar-refractivity contribution in [3.05, 3.63) is 93.2 Å². The molecular weight excluding hydrogens is 475 g/mol. The highest BCUT2D eigenvalue weighted by Crippen LogP contribution is 2.44. The number of fused-ring (bicyclic) bond motifs is 1. The van der Waals surface area contributed by atoms with Gasteiger partial charge in [0.2, 0.25) is 0 Å². The van der Waals surface area contributed by atoms with Crippen molar-refractivity contribution < 1.29 is 23.5 Å². The Morgan fingerprint density at radius 3 is 2.19 bits per heavy atom. The van der Waals surface area contributed by atoms with E-state index in [4.69, 9.17) is 9.47 Å². The highest BCUT2D eigenvalue weighted by molar-refractivity contribution is 6.06. The van der Waals surface area contributed by atoms with Gasteiger partial charge < -0.3 is 14.8 Å². The van der Waals surface area contributed by atoms with Gasteiger partial charge in [-0.3, -0.25) is 19.0 Å². The van der Waals surface area contributed by atoms with Crippen molar-refractivity contribution in [3.8, 4) is 5.69 Å². The summed E-state index contributed by atoms with van der Waals surface area (Å²) in [6.45, 7) is 7.90. The Morgan fingerprint density at radius 2 is 1.57 bits per heavy atom. The van der Waals surface area contributed by atoms with Crippen LogP contribution in [0, 0.1) is 5.82 Å². The highest BCUT2D eigenvalue weighted by Gasteiger charge is 2.49. The van der Waals surface area contributed by atoms with Crippen LogP contribution in [0.3, 0.4) is 0 Å². The largest absolute Gasteiger partial charge is 0.339 e. The van der Waals surface area contributed by atoms with E-state index in [1.807, 2.05) is 27.7 Å². The molecule has 1 aliphatic heterocycles. The van der Waals surface area contributed by atoms with Gasteiger partial charge in [-0.25, -0.2) is 4.39 Å². The van der Waals surface area contributed by atoms with Gasteiger partial charge in [0.05, 0.1) is 11.2 Å². The van der Waals surface area contributed by atoms with Gasteiger partial charge in [0.25, 0.3) is 11.5 Å². The van der Waals surface area contributed by atoms with Crippen molar-refractivity contribution in [2.45, 2.75) is 64.4 Å². The molecule has 1 N–H and O–H groups in total. The lowest BCUT2D eigenvalue weighted by Gasteiger charge is -2.30. The zero-order valence-electron chi connectivity index (χ0n) is 21.3. The number of benzene rings is 2. The monoisotopic (exact) mass is 504 g/mol. The molecule has 7 nitrogen and oxygen atoms in total. The molecule has 2 heterocycles. The first kappa shape index (κ1) is 25.0. The zero-order valence-corrected chi connectivity index (χ0v) is 21.3. The number of ether oxygens (including phenoxy) is 2. The Balaban J connectivity index is 1.45. The first-order chi connectivity index (χ1) is 17.5. The number of carbonyl (C=O) groups is 2. The molecule has 1 amide bonds. The van der Waals surface area contributed by atoms with E-state index in [0.29, 0.717) is 41.9 Å². The third-order valence-electron chi connectivity index (χ3n) is 7.44. The molecule has 37 heavy (non-hydrogen) atoms. The minimum atomic E-state index is -0.634. The number of ketones is 1. The number of anilines is 1. The second kappa shape index (κ2) is 9.04. The van der Waals surface area contributed by atoms with Gasteiger partial charge in [0.15, 0.2) is 12.1 Å². The van der Waals surface area contributed by atoms with E-state index in [1.54, 1.807) is 24.3 Å². The Bertz CT molecular complexity index is 1420. The number of amides is 1. The summed E-state index contributed by atoms with van der Waals surface area (Å²) < 4.78 is 27.0. The number of carbonyl (C=O) groups excluding carboxylic acids is 2. The molecule has 1 aromatic heterocycles. The fraction of sp³-hybridized carbons (Fsp3) is 0.345. The fourth-order valence-electron chi connectivity index (χ4n) is 4.62. The van der Waals surface area contributed by atoms with Crippen molar-refractivity contribution in [2.24, 2.45) is 0 Å². The molecule has 0 bridgehead atoms. The van der Waals surface area contributed by atoms with E-state index in [1.165, 1.54) is 34.9 Å². The number of hydrogen-bond donors (Lipinski definition) is 1. The summed E-state index contributed by atoms with van der Waals surface area (Å²) in [7, 11) is 0. The molecule has 5 rings (SSSR count). The number of nitrogens with zero attached hydrogens (tertiary/aromatic N) is 1. The number of aromatic nitrogens is 1. The Morgan fingerprint density at radius 1 is 0.946 bits per heavy atom. The van der Waals surface area contributed by atoms with E-state index in [-0.39, 0.29) is 11.3 Å². The first-order valence-electron chi connectivity index (χ1n) is 12.3. The Labute approximate surface area is 214 Å². The van der Waals surface area contributed by atoms with Crippen LogP contribution < -0.4 is 10.9 Å². The average molecular weight is 505 g/mol. The molecule has 2 aromatic carbocycles. The molecule has 1 fully saturated rings. The second-order valence-electron chi connectivity index (χ2n) is 10.5. The molecule has 1 aliphatic carbocycles. The summed E-state index contributed by atoms with van der Waals surface area (Å²) in [4.78, 5) is 39.4. The molecule has 0 atom stereocenters. The number of rotatable bonds is 4. The molecule has 8 heteroatoms. The van der Waals surface area contributed by atoms with Crippen LogP contribution in [0.25, 0.3) is 5.69 Å². The van der Waals surface area contributed by atoms with E-state index in [9.17, 15) is 18.8 Å². The van der Waals surface area contributed by atoms with Gasteiger partial charge in [-0.1, -0.05) is 12.1 Å². The van der Waals surface area contributed by atoms with Crippen LogP contribution in [0.4, 0.5) is 10.1 Å². The van der Waals surface area contributed by atoms with Crippen LogP contribution in [0.1, 0.15) is 78.8 Å².